The number of anilines is 1. The summed E-state index contributed by atoms with van der Waals surface area (Å²) in [5, 5.41) is 5.93. The number of hydrogen-bond acceptors (Lipinski definition) is 7. The van der Waals surface area contributed by atoms with E-state index in [0.717, 1.165) is 5.56 Å². The van der Waals surface area contributed by atoms with Gasteiger partial charge in [-0.15, -0.1) is 0 Å². The lowest BCUT2D eigenvalue weighted by atomic mass is 10.2. The highest BCUT2D eigenvalue weighted by molar-refractivity contribution is 6.30. The molecule has 2 aromatic rings. The molecular formula is C23H33ClN4O4. The molecule has 1 aromatic carbocycles. The first-order valence-electron chi connectivity index (χ1n) is 10.6. The minimum Gasteiger partial charge on any atom is -0.458 e. The van der Waals surface area contributed by atoms with Crippen LogP contribution in [0.3, 0.4) is 0 Å². The summed E-state index contributed by atoms with van der Waals surface area (Å²) in [6, 6.07) is 8.25. The predicted molar refractivity (Wildman–Crippen MR) is 126 cm³/mol. The number of carbonyl (C=O) groups excluding carboxylic acids is 2. The van der Waals surface area contributed by atoms with Crippen LogP contribution in [-0.4, -0.2) is 40.2 Å². The van der Waals surface area contributed by atoms with Gasteiger partial charge in [-0.05, 0) is 32.8 Å². The maximum Gasteiger partial charge on any atom is 0.408 e. The zero-order chi connectivity index (χ0) is 24.1. The summed E-state index contributed by atoms with van der Waals surface area (Å²) in [5.74, 6) is -0.102. The van der Waals surface area contributed by atoms with E-state index >= 15 is 0 Å². The van der Waals surface area contributed by atoms with Crippen LogP contribution in [0.2, 0.25) is 5.15 Å². The molecule has 9 heteroatoms. The third kappa shape index (κ3) is 9.51. The van der Waals surface area contributed by atoms with Crippen molar-refractivity contribution in [2.45, 2.75) is 66.2 Å². The van der Waals surface area contributed by atoms with Gasteiger partial charge in [-0.25, -0.2) is 19.6 Å². The molecule has 0 spiro atoms. The molecule has 2 rings (SSSR count). The fraction of sp³-hybridized carbons (Fsp3) is 0.478. The average molecular weight is 465 g/mol. The third-order valence-electron chi connectivity index (χ3n) is 3.92. The predicted octanol–water partition coefficient (Wildman–Crippen LogP) is 4.77. The number of nitrogens with zero attached hydrogens (tertiary/aromatic N) is 2. The van der Waals surface area contributed by atoms with Gasteiger partial charge in [-0.1, -0.05) is 62.7 Å². The first kappa shape index (κ1) is 27.2. The van der Waals surface area contributed by atoms with Crippen molar-refractivity contribution in [1.29, 1.82) is 0 Å². The molecule has 0 radical (unpaired) electrons. The molecule has 32 heavy (non-hydrogen) atoms. The van der Waals surface area contributed by atoms with Crippen LogP contribution in [0.5, 0.6) is 0 Å². The Labute approximate surface area is 195 Å². The topological polar surface area (TPSA) is 102 Å². The van der Waals surface area contributed by atoms with Crippen molar-refractivity contribution < 1.29 is 19.1 Å². The molecule has 0 aliphatic rings. The Morgan fingerprint density at radius 1 is 1.12 bits per heavy atom. The number of ether oxygens (including phenoxy) is 2. The van der Waals surface area contributed by atoms with Crippen LogP contribution in [-0.2, 0) is 27.3 Å². The molecule has 0 saturated heterocycles. The smallest absolute Gasteiger partial charge is 0.408 e. The summed E-state index contributed by atoms with van der Waals surface area (Å²) < 4.78 is 10.6. The second kappa shape index (κ2) is 13.5. The normalized spacial score (nSPS) is 11.5. The Kier molecular flexibility index (Phi) is 11.5. The number of hydrogen-bond donors (Lipinski definition) is 2. The van der Waals surface area contributed by atoms with Gasteiger partial charge >= 0.3 is 12.1 Å². The van der Waals surface area contributed by atoms with Gasteiger partial charge < -0.3 is 20.1 Å². The fourth-order valence-electron chi connectivity index (χ4n) is 2.53. The molecule has 176 valence electrons. The molecule has 0 aliphatic carbocycles. The monoisotopic (exact) mass is 464 g/mol. The summed E-state index contributed by atoms with van der Waals surface area (Å²) in [5.41, 5.74) is 0.842. The summed E-state index contributed by atoms with van der Waals surface area (Å²) >= 11 is 6.11. The first-order valence-corrected chi connectivity index (χ1v) is 11.0. The van der Waals surface area contributed by atoms with Crippen molar-refractivity contribution in [2.24, 2.45) is 0 Å². The van der Waals surface area contributed by atoms with Gasteiger partial charge in [-0.3, -0.25) is 0 Å². The van der Waals surface area contributed by atoms with Crippen molar-refractivity contribution in [3.05, 3.63) is 52.9 Å². The maximum atomic E-state index is 12.6. The lowest BCUT2D eigenvalue weighted by molar-refractivity contribution is -0.156. The number of benzene rings is 1. The molecule has 1 amide bonds. The summed E-state index contributed by atoms with van der Waals surface area (Å²) in [7, 11) is 0. The van der Waals surface area contributed by atoms with E-state index in [1.54, 1.807) is 20.8 Å². The van der Waals surface area contributed by atoms with Gasteiger partial charge in [-0.2, -0.15) is 0 Å². The minimum absolute atomic E-state index is 0.0374. The Morgan fingerprint density at radius 2 is 1.78 bits per heavy atom. The number of aromatic nitrogens is 2. The standard InChI is InChI=1S/C21H27ClN4O4.C2H6/c1-5-15-17(22)24-13-25-18(15)23-11-16(19(27)30-21(2,3)4)26-20(28)29-12-14-9-7-6-8-10-14;1-2/h6-10,13,16H,5,11-12H2,1-4H3,(H,26,28)(H,23,24,25);1-2H3. The van der Waals surface area contributed by atoms with Crippen molar-refractivity contribution >= 4 is 29.5 Å². The average Bonchev–Trinajstić information content (AvgIpc) is 2.76. The van der Waals surface area contributed by atoms with Crippen molar-refractivity contribution in [2.75, 3.05) is 11.9 Å². The molecular weight excluding hydrogens is 432 g/mol. The van der Waals surface area contributed by atoms with Crippen molar-refractivity contribution in [3.8, 4) is 0 Å². The third-order valence-corrected chi connectivity index (χ3v) is 4.24. The van der Waals surface area contributed by atoms with Crippen LogP contribution in [0, 0.1) is 0 Å². The number of nitrogens with one attached hydrogen (secondary N) is 2. The molecule has 0 bridgehead atoms. The summed E-state index contributed by atoms with van der Waals surface area (Å²) in [6.45, 7) is 11.3. The number of amides is 1. The lowest BCUT2D eigenvalue weighted by Crippen LogP contribution is -2.48. The Balaban J connectivity index is 0.00000249. The summed E-state index contributed by atoms with van der Waals surface area (Å²) in [4.78, 5) is 33.0. The summed E-state index contributed by atoms with van der Waals surface area (Å²) in [6.07, 6.45) is 1.20. The highest BCUT2D eigenvalue weighted by Gasteiger charge is 2.27. The molecule has 0 aliphatic heterocycles. The number of esters is 1. The Hall–Kier alpha value is -2.87. The zero-order valence-electron chi connectivity index (χ0n) is 19.6. The first-order chi connectivity index (χ1) is 15.2. The van der Waals surface area contributed by atoms with Crippen molar-refractivity contribution in [3.63, 3.8) is 0 Å². The largest absolute Gasteiger partial charge is 0.458 e. The van der Waals surface area contributed by atoms with E-state index in [9.17, 15) is 9.59 Å². The van der Waals surface area contributed by atoms with Crippen LogP contribution < -0.4 is 10.6 Å². The van der Waals surface area contributed by atoms with Gasteiger partial charge in [0.2, 0.25) is 0 Å². The minimum atomic E-state index is -0.994. The number of rotatable bonds is 8. The van der Waals surface area contributed by atoms with E-state index in [2.05, 4.69) is 20.6 Å². The molecule has 0 saturated carbocycles. The number of alkyl carbamates (subject to hydrolysis) is 1. The van der Waals surface area contributed by atoms with Gasteiger partial charge in [0.05, 0.1) is 0 Å². The molecule has 0 fully saturated rings. The maximum absolute atomic E-state index is 12.6. The van der Waals surface area contributed by atoms with E-state index in [4.69, 9.17) is 21.1 Å². The van der Waals surface area contributed by atoms with Crippen LogP contribution in [0.4, 0.5) is 10.6 Å². The van der Waals surface area contributed by atoms with Gasteiger partial charge in [0.1, 0.15) is 35.5 Å². The number of carbonyl (C=O) groups is 2. The highest BCUT2D eigenvalue weighted by Crippen LogP contribution is 2.20. The molecule has 8 nitrogen and oxygen atoms in total. The quantitative estimate of drug-likeness (QED) is 0.428. The SMILES string of the molecule is CC.CCc1c(Cl)ncnc1NCC(NC(=O)OCc1ccccc1)C(=O)OC(C)(C)C. The van der Waals surface area contributed by atoms with Crippen LogP contribution >= 0.6 is 11.6 Å². The molecule has 1 unspecified atom stereocenters. The van der Waals surface area contributed by atoms with Crippen LogP contribution in [0.25, 0.3) is 0 Å². The van der Waals surface area contributed by atoms with E-state index in [-0.39, 0.29) is 13.2 Å². The number of halogens is 1. The lowest BCUT2D eigenvalue weighted by Gasteiger charge is -2.25. The Morgan fingerprint density at radius 3 is 2.38 bits per heavy atom. The van der Waals surface area contributed by atoms with Crippen LogP contribution in [0.15, 0.2) is 36.7 Å². The van der Waals surface area contributed by atoms with Gasteiger partial charge in [0.15, 0.2) is 0 Å². The van der Waals surface area contributed by atoms with Crippen molar-refractivity contribution in [1.82, 2.24) is 15.3 Å². The van der Waals surface area contributed by atoms with Gasteiger partial charge in [0, 0.05) is 12.1 Å². The fourth-order valence-corrected chi connectivity index (χ4v) is 2.80. The molecule has 1 heterocycles. The van der Waals surface area contributed by atoms with Gasteiger partial charge in [0.25, 0.3) is 0 Å². The molecule has 2 N–H and O–H groups in total. The van der Waals surface area contributed by atoms with E-state index < -0.39 is 23.7 Å². The second-order valence-corrected chi connectivity index (χ2v) is 7.88. The highest BCUT2D eigenvalue weighted by atomic mass is 35.5. The van der Waals surface area contributed by atoms with E-state index in [1.807, 2.05) is 51.1 Å². The van der Waals surface area contributed by atoms with E-state index in [0.29, 0.717) is 23.0 Å². The second-order valence-electron chi connectivity index (χ2n) is 7.52. The Bertz CT molecular complexity index is 857. The molecule has 1 atom stereocenters. The zero-order valence-corrected chi connectivity index (χ0v) is 20.3. The molecule has 1 aromatic heterocycles. The van der Waals surface area contributed by atoms with E-state index in [1.165, 1.54) is 6.33 Å². The van der Waals surface area contributed by atoms with Crippen LogP contribution in [0.1, 0.15) is 52.7 Å².